The molecule has 1 fully saturated rings. The fourth-order valence-corrected chi connectivity index (χ4v) is 4.04. The molecule has 0 aliphatic heterocycles. The van der Waals surface area contributed by atoms with Gasteiger partial charge in [0.2, 0.25) is 0 Å². The van der Waals surface area contributed by atoms with Crippen molar-refractivity contribution in [3.8, 4) is 0 Å². The molecule has 3 aromatic rings. The molecule has 6 heteroatoms. The lowest BCUT2D eigenvalue weighted by Crippen LogP contribution is -2.24. The summed E-state index contributed by atoms with van der Waals surface area (Å²) in [5.41, 5.74) is 2.12. The average molecular weight is 363 g/mol. The zero-order chi connectivity index (χ0) is 18.8. The van der Waals surface area contributed by atoms with Gasteiger partial charge in [0.15, 0.2) is 0 Å². The van der Waals surface area contributed by atoms with E-state index in [0.717, 1.165) is 36.8 Å². The normalized spacial score (nSPS) is 15.9. The second kappa shape index (κ2) is 7.31. The van der Waals surface area contributed by atoms with Crippen LogP contribution in [0.25, 0.3) is 10.9 Å². The molecule has 4 rings (SSSR count). The number of carboxylic acid groups (broad SMARTS) is 1. The molecule has 0 saturated heterocycles. The van der Waals surface area contributed by atoms with Gasteiger partial charge in [-0.15, -0.1) is 5.10 Å². The molecular formula is C21H21N3O3. The highest BCUT2D eigenvalue weighted by Crippen LogP contribution is 2.37. The van der Waals surface area contributed by atoms with Gasteiger partial charge in [0.25, 0.3) is 5.56 Å². The summed E-state index contributed by atoms with van der Waals surface area (Å²) in [5.74, 6) is -1.00. The molecule has 6 nitrogen and oxygen atoms in total. The molecule has 1 aromatic heterocycles. The van der Waals surface area contributed by atoms with Crippen molar-refractivity contribution in [3.05, 3.63) is 70.0 Å². The summed E-state index contributed by atoms with van der Waals surface area (Å²) in [7, 11) is 0. The molecular weight excluding hydrogens is 342 g/mol. The largest absolute Gasteiger partial charge is 0.481 e. The van der Waals surface area contributed by atoms with E-state index in [1.54, 1.807) is 18.2 Å². The van der Waals surface area contributed by atoms with Crippen LogP contribution in [0.4, 0.5) is 0 Å². The standard InChI is InChI=1S/C21H21N3O3/c25-20-17-7-3-4-8-18(17)22-23-24(20)13-14-9-11-16(12-10-14)19(21(26)27)15-5-1-2-6-15/h3-4,7-12,15,19H,1-2,5-6,13H2,(H,26,27). The van der Waals surface area contributed by atoms with Gasteiger partial charge in [-0.3, -0.25) is 9.59 Å². The van der Waals surface area contributed by atoms with E-state index in [1.165, 1.54) is 4.68 Å². The molecule has 1 aliphatic rings. The number of nitrogens with zero attached hydrogens (tertiary/aromatic N) is 3. The predicted octanol–water partition coefficient (Wildman–Crippen LogP) is 3.20. The number of rotatable bonds is 5. The van der Waals surface area contributed by atoms with E-state index in [4.69, 9.17) is 0 Å². The SMILES string of the molecule is O=C(O)C(c1ccc(Cn2nnc3ccccc3c2=O)cc1)C1CCCC1. The first-order chi connectivity index (χ1) is 13.1. The topological polar surface area (TPSA) is 85.1 Å². The summed E-state index contributed by atoms with van der Waals surface area (Å²) in [6.45, 7) is 0.304. The molecule has 0 bridgehead atoms. The Bertz CT molecular complexity index is 1020. The van der Waals surface area contributed by atoms with E-state index in [1.807, 2.05) is 30.3 Å². The van der Waals surface area contributed by atoms with Crippen molar-refractivity contribution in [2.75, 3.05) is 0 Å². The first-order valence-electron chi connectivity index (χ1n) is 9.27. The van der Waals surface area contributed by atoms with Gasteiger partial charge in [-0.2, -0.15) is 0 Å². The summed E-state index contributed by atoms with van der Waals surface area (Å²) in [6, 6.07) is 14.6. The number of carboxylic acids is 1. The van der Waals surface area contributed by atoms with Crippen LogP contribution < -0.4 is 5.56 Å². The summed E-state index contributed by atoms with van der Waals surface area (Å²) in [6.07, 6.45) is 4.16. The quantitative estimate of drug-likeness (QED) is 0.752. The maximum Gasteiger partial charge on any atom is 0.311 e. The Balaban J connectivity index is 1.58. The lowest BCUT2D eigenvalue weighted by atomic mass is 9.84. The molecule has 0 spiro atoms. The van der Waals surface area contributed by atoms with Crippen molar-refractivity contribution < 1.29 is 9.90 Å². The van der Waals surface area contributed by atoms with E-state index in [-0.39, 0.29) is 11.5 Å². The van der Waals surface area contributed by atoms with Crippen molar-refractivity contribution in [2.45, 2.75) is 38.1 Å². The Morgan fingerprint density at radius 2 is 1.81 bits per heavy atom. The van der Waals surface area contributed by atoms with Crippen LogP contribution in [-0.2, 0) is 11.3 Å². The van der Waals surface area contributed by atoms with E-state index in [0.29, 0.717) is 17.4 Å². The van der Waals surface area contributed by atoms with E-state index >= 15 is 0 Å². The van der Waals surface area contributed by atoms with Crippen LogP contribution in [-0.4, -0.2) is 26.1 Å². The number of hydrogen-bond donors (Lipinski definition) is 1. The minimum absolute atomic E-state index is 0.181. The highest BCUT2D eigenvalue weighted by Gasteiger charge is 2.31. The third-order valence-electron chi connectivity index (χ3n) is 5.44. The molecule has 1 unspecified atom stereocenters. The molecule has 27 heavy (non-hydrogen) atoms. The van der Waals surface area contributed by atoms with E-state index in [2.05, 4.69) is 10.3 Å². The Morgan fingerprint density at radius 3 is 2.52 bits per heavy atom. The molecule has 0 radical (unpaired) electrons. The van der Waals surface area contributed by atoms with Gasteiger partial charge in [-0.1, -0.05) is 54.5 Å². The van der Waals surface area contributed by atoms with Crippen molar-refractivity contribution >= 4 is 16.9 Å². The second-order valence-corrected chi connectivity index (χ2v) is 7.17. The highest BCUT2D eigenvalue weighted by molar-refractivity contribution is 5.77. The first kappa shape index (κ1) is 17.4. The number of aliphatic carboxylic acids is 1. The number of hydrogen-bond acceptors (Lipinski definition) is 4. The van der Waals surface area contributed by atoms with Gasteiger partial charge in [-0.25, -0.2) is 4.68 Å². The van der Waals surface area contributed by atoms with Gasteiger partial charge < -0.3 is 5.11 Å². The van der Waals surface area contributed by atoms with Gasteiger partial charge in [-0.05, 0) is 42.0 Å². The number of fused-ring (bicyclic) bond motifs is 1. The second-order valence-electron chi connectivity index (χ2n) is 7.17. The number of benzene rings is 2. The zero-order valence-corrected chi connectivity index (χ0v) is 14.9. The summed E-state index contributed by atoms with van der Waals surface area (Å²) < 4.78 is 1.34. The number of aromatic nitrogens is 3. The van der Waals surface area contributed by atoms with Gasteiger partial charge in [0, 0.05) is 0 Å². The lowest BCUT2D eigenvalue weighted by Gasteiger charge is -2.19. The first-order valence-corrected chi connectivity index (χ1v) is 9.27. The Morgan fingerprint density at radius 1 is 1.11 bits per heavy atom. The molecule has 1 atom stereocenters. The summed E-state index contributed by atoms with van der Waals surface area (Å²) in [5, 5.41) is 18.3. The average Bonchev–Trinajstić information content (AvgIpc) is 3.19. The van der Waals surface area contributed by atoms with Crippen LogP contribution in [0, 0.1) is 5.92 Å². The maximum absolute atomic E-state index is 12.6. The van der Waals surface area contributed by atoms with Crippen molar-refractivity contribution in [2.24, 2.45) is 5.92 Å². The summed E-state index contributed by atoms with van der Waals surface area (Å²) >= 11 is 0. The smallest absolute Gasteiger partial charge is 0.311 e. The molecule has 1 N–H and O–H groups in total. The molecule has 1 aliphatic carbocycles. The van der Waals surface area contributed by atoms with Crippen molar-refractivity contribution in [1.82, 2.24) is 15.0 Å². The third-order valence-corrected chi connectivity index (χ3v) is 5.44. The molecule has 2 aromatic carbocycles. The molecule has 1 saturated carbocycles. The lowest BCUT2D eigenvalue weighted by molar-refractivity contribution is -0.140. The Labute approximate surface area is 156 Å². The summed E-state index contributed by atoms with van der Waals surface area (Å²) in [4.78, 5) is 24.3. The van der Waals surface area contributed by atoms with Gasteiger partial charge in [0.1, 0.15) is 5.52 Å². The predicted molar refractivity (Wildman–Crippen MR) is 102 cm³/mol. The van der Waals surface area contributed by atoms with Crippen molar-refractivity contribution in [1.29, 1.82) is 0 Å². The van der Waals surface area contributed by atoms with Crippen LogP contribution in [0.5, 0.6) is 0 Å². The van der Waals surface area contributed by atoms with Crippen LogP contribution >= 0.6 is 0 Å². The van der Waals surface area contributed by atoms with Crippen LogP contribution in [0.2, 0.25) is 0 Å². The number of carbonyl (C=O) groups is 1. The van der Waals surface area contributed by atoms with Crippen molar-refractivity contribution in [3.63, 3.8) is 0 Å². The maximum atomic E-state index is 12.6. The van der Waals surface area contributed by atoms with E-state index < -0.39 is 11.9 Å². The van der Waals surface area contributed by atoms with Gasteiger partial charge >= 0.3 is 5.97 Å². The minimum atomic E-state index is -0.758. The molecule has 0 amide bonds. The Hall–Kier alpha value is -3.02. The zero-order valence-electron chi connectivity index (χ0n) is 14.9. The Kier molecular flexibility index (Phi) is 4.71. The monoisotopic (exact) mass is 363 g/mol. The fraction of sp³-hybridized carbons (Fsp3) is 0.333. The fourth-order valence-electron chi connectivity index (χ4n) is 4.04. The van der Waals surface area contributed by atoms with Gasteiger partial charge in [0.05, 0.1) is 17.8 Å². The van der Waals surface area contributed by atoms with Crippen LogP contribution in [0.3, 0.4) is 0 Å². The minimum Gasteiger partial charge on any atom is -0.481 e. The molecule has 138 valence electrons. The molecule has 1 heterocycles. The third kappa shape index (κ3) is 3.47. The highest BCUT2D eigenvalue weighted by atomic mass is 16.4. The van der Waals surface area contributed by atoms with E-state index in [9.17, 15) is 14.7 Å². The van der Waals surface area contributed by atoms with Crippen LogP contribution in [0.15, 0.2) is 53.3 Å². The van der Waals surface area contributed by atoms with Crippen LogP contribution in [0.1, 0.15) is 42.7 Å².